The molecule has 25 heavy (non-hydrogen) atoms. The van der Waals surface area contributed by atoms with E-state index in [1.165, 1.54) is 29.7 Å². The summed E-state index contributed by atoms with van der Waals surface area (Å²) in [5, 5.41) is 7.43. The van der Waals surface area contributed by atoms with Gasteiger partial charge in [-0.25, -0.2) is 5.01 Å². The van der Waals surface area contributed by atoms with Gasteiger partial charge in [-0.3, -0.25) is 0 Å². The van der Waals surface area contributed by atoms with Crippen molar-refractivity contribution >= 4 is 5.71 Å². The van der Waals surface area contributed by atoms with Gasteiger partial charge in [-0.05, 0) is 24.0 Å². The fraction of sp³-hybridized carbons (Fsp3) is 0.409. The lowest BCUT2D eigenvalue weighted by Crippen LogP contribution is -2.55. The zero-order valence-corrected chi connectivity index (χ0v) is 14.7. The number of hydrazone groups is 1. The van der Waals surface area contributed by atoms with Crippen molar-refractivity contribution in [1.29, 1.82) is 0 Å². The summed E-state index contributed by atoms with van der Waals surface area (Å²) >= 11 is 0. The molecule has 3 nitrogen and oxygen atoms in total. The van der Waals surface area contributed by atoms with E-state index in [2.05, 4.69) is 66.5 Å². The Bertz CT molecular complexity index is 816. The van der Waals surface area contributed by atoms with Crippen LogP contribution in [-0.4, -0.2) is 16.4 Å². The Kier molecular flexibility index (Phi) is 3.37. The van der Waals surface area contributed by atoms with Gasteiger partial charge in [-0.1, -0.05) is 61.9 Å². The Labute approximate surface area is 149 Å². The van der Waals surface area contributed by atoms with Crippen LogP contribution in [0.2, 0.25) is 0 Å². The summed E-state index contributed by atoms with van der Waals surface area (Å²) in [5.41, 5.74) is 3.42. The highest BCUT2D eigenvalue weighted by molar-refractivity contribution is 6.01. The van der Waals surface area contributed by atoms with Gasteiger partial charge >= 0.3 is 0 Å². The Balaban J connectivity index is 1.61. The molecule has 2 aliphatic heterocycles. The van der Waals surface area contributed by atoms with Gasteiger partial charge in [0.1, 0.15) is 5.75 Å². The van der Waals surface area contributed by atoms with Crippen molar-refractivity contribution in [1.82, 2.24) is 5.01 Å². The van der Waals surface area contributed by atoms with Gasteiger partial charge in [-0.2, -0.15) is 5.10 Å². The second-order valence-electron chi connectivity index (χ2n) is 7.76. The van der Waals surface area contributed by atoms with E-state index in [0.29, 0.717) is 12.0 Å². The van der Waals surface area contributed by atoms with Crippen LogP contribution in [0, 0.1) is 5.92 Å². The SMILES string of the molecule is C[C@H]1CCC[C@]2(C1)Oc1ccccc1[C@@H]1CC(c3ccccc3)=NN12. The van der Waals surface area contributed by atoms with Crippen LogP contribution >= 0.6 is 0 Å². The predicted octanol–water partition coefficient (Wildman–Crippen LogP) is 5.14. The summed E-state index contributed by atoms with van der Waals surface area (Å²) in [4.78, 5) is 0. The van der Waals surface area contributed by atoms with E-state index >= 15 is 0 Å². The van der Waals surface area contributed by atoms with Crippen LogP contribution < -0.4 is 4.74 Å². The molecule has 5 rings (SSSR count). The molecule has 3 atom stereocenters. The van der Waals surface area contributed by atoms with Gasteiger partial charge in [0, 0.05) is 24.8 Å². The minimum absolute atomic E-state index is 0.271. The molecule has 0 saturated heterocycles. The number of hydrogen-bond acceptors (Lipinski definition) is 3. The second kappa shape index (κ2) is 5.62. The van der Waals surface area contributed by atoms with Crippen molar-refractivity contribution in [3.63, 3.8) is 0 Å². The summed E-state index contributed by atoms with van der Waals surface area (Å²) in [7, 11) is 0. The summed E-state index contributed by atoms with van der Waals surface area (Å²) < 4.78 is 6.65. The highest BCUT2D eigenvalue weighted by atomic mass is 16.5. The van der Waals surface area contributed by atoms with Crippen molar-refractivity contribution in [2.75, 3.05) is 0 Å². The number of hydrogen-bond donors (Lipinski definition) is 0. The molecule has 0 aromatic heterocycles. The lowest BCUT2D eigenvalue weighted by molar-refractivity contribution is -0.149. The quantitative estimate of drug-likeness (QED) is 0.722. The van der Waals surface area contributed by atoms with Crippen molar-refractivity contribution in [2.45, 2.75) is 50.8 Å². The summed E-state index contributed by atoms with van der Waals surface area (Å²) in [6, 6.07) is 19.4. The third kappa shape index (κ3) is 2.37. The average molecular weight is 332 g/mol. The van der Waals surface area contributed by atoms with Gasteiger partial charge < -0.3 is 4.74 Å². The highest BCUT2D eigenvalue weighted by Gasteiger charge is 2.51. The Morgan fingerprint density at radius 2 is 1.88 bits per heavy atom. The van der Waals surface area contributed by atoms with Gasteiger partial charge in [0.15, 0.2) is 5.72 Å². The standard InChI is InChI=1S/C22H24N2O/c1-16-8-7-13-22(15-16)24-20(18-11-5-6-12-21(18)25-22)14-19(23-24)17-9-3-2-4-10-17/h2-6,9-12,16,20H,7-8,13-15H2,1H3/t16-,20-,22+/m0/s1. The molecule has 2 aromatic rings. The molecule has 1 fully saturated rings. The van der Waals surface area contributed by atoms with E-state index < -0.39 is 0 Å². The molecular weight excluding hydrogens is 308 g/mol. The first-order chi connectivity index (χ1) is 12.3. The topological polar surface area (TPSA) is 24.8 Å². The number of fused-ring (bicyclic) bond motifs is 4. The molecule has 2 aromatic carbocycles. The summed E-state index contributed by atoms with van der Waals surface area (Å²) in [6.07, 6.45) is 5.58. The van der Waals surface area contributed by atoms with Gasteiger partial charge in [0.05, 0.1) is 11.8 Å². The molecule has 3 aliphatic rings. The number of para-hydroxylation sites is 1. The highest BCUT2D eigenvalue weighted by Crippen LogP contribution is 2.51. The summed E-state index contributed by atoms with van der Waals surface area (Å²) in [6.45, 7) is 2.34. The molecule has 3 heteroatoms. The van der Waals surface area contributed by atoms with Crippen molar-refractivity contribution in [2.24, 2.45) is 11.0 Å². The molecular formula is C22H24N2O. The average Bonchev–Trinajstić information content (AvgIpc) is 3.09. The third-order valence-corrected chi connectivity index (χ3v) is 5.94. The van der Waals surface area contributed by atoms with Crippen LogP contribution in [0.5, 0.6) is 5.75 Å². The maximum atomic E-state index is 6.65. The van der Waals surface area contributed by atoms with Crippen molar-refractivity contribution in [3.05, 3.63) is 65.7 Å². The first-order valence-electron chi connectivity index (χ1n) is 9.45. The normalized spacial score (nSPS) is 30.4. The number of nitrogens with zero attached hydrogens (tertiary/aromatic N) is 2. The van der Waals surface area contributed by atoms with E-state index in [0.717, 1.165) is 25.0 Å². The predicted molar refractivity (Wildman–Crippen MR) is 99.6 cm³/mol. The first kappa shape index (κ1) is 15.0. The Morgan fingerprint density at radius 3 is 2.72 bits per heavy atom. The van der Waals surface area contributed by atoms with Gasteiger partial charge in [0.2, 0.25) is 0 Å². The fourth-order valence-electron chi connectivity index (χ4n) is 4.81. The first-order valence-corrected chi connectivity index (χ1v) is 9.45. The lowest BCUT2D eigenvalue weighted by atomic mass is 9.81. The van der Waals surface area contributed by atoms with E-state index in [-0.39, 0.29) is 5.72 Å². The maximum Gasteiger partial charge on any atom is 0.198 e. The van der Waals surface area contributed by atoms with Crippen LogP contribution in [0.15, 0.2) is 59.7 Å². The van der Waals surface area contributed by atoms with Gasteiger partial charge in [-0.15, -0.1) is 0 Å². The maximum absolute atomic E-state index is 6.65. The fourth-order valence-corrected chi connectivity index (χ4v) is 4.81. The molecule has 0 N–H and O–H groups in total. The molecule has 0 bridgehead atoms. The Morgan fingerprint density at radius 1 is 1.08 bits per heavy atom. The van der Waals surface area contributed by atoms with Gasteiger partial charge in [0.25, 0.3) is 0 Å². The zero-order valence-electron chi connectivity index (χ0n) is 14.7. The van der Waals surface area contributed by atoms with Crippen LogP contribution in [0.4, 0.5) is 0 Å². The molecule has 0 amide bonds. The number of ether oxygens (including phenoxy) is 1. The molecule has 0 radical (unpaired) electrons. The zero-order chi connectivity index (χ0) is 16.9. The minimum Gasteiger partial charge on any atom is -0.466 e. The van der Waals surface area contributed by atoms with E-state index in [4.69, 9.17) is 9.84 Å². The molecule has 0 unspecified atom stereocenters. The monoisotopic (exact) mass is 332 g/mol. The molecule has 1 aliphatic carbocycles. The largest absolute Gasteiger partial charge is 0.466 e. The minimum atomic E-state index is -0.271. The molecule has 1 spiro atoms. The van der Waals surface area contributed by atoms with Crippen LogP contribution in [-0.2, 0) is 0 Å². The van der Waals surface area contributed by atoms with E-state index in [9.17, 15) is 0 Å². The molecule has 2 heterocycles. The van der Waals surface area contributed by atoms with Crippen LogP contribution in [0.3, 0.4) is 0 Å². The Hall–Kier alpha value is -2.29. The number of rotatable bonds is 1. The smallest absolute Gasteiger partial charge is 0.198 e. The molecule has 128 valence electrons. The van der Waals surface area contributed by atoms with E-state index in [1.54, 1.807) is 0 Å². The molecule has 1 saturated carbocycles. The lowest BCUT2D eigenvalue weighted by Gasteiger charge is -2.50. The third-order valence-electron chi connectivity index (χ3n) is 5.94. The van der Waals surface area contributed by atoms with Crippen LogP contribution in [0.25, 0.3) is 0 Å². The van der Waals surface area contributed by atoms with Crippen molar-refractivity contribution in [3.8, 4) is 5.75 Å². The van der Waals surface area contributed by atoms with Crippen LogP contribution in [0.1, 0.15) is 56.2 Å². The number of benzene rings is 2. The van der Waals surface area contributed by atoms with E-state index in [1.807, 2.05) is 0 Å². The second-order valence-corrected chi connectivity index (χ2v) is 7.76. The summed E-state index contributed by atoms with van der Waals surface area (Å²) in [5.74, 6) is 1.73. The van der Waals surface area contributed by atoms with Crippen molar-refractivity contribution < 1.29 is 4.74 Å².